The minimum absolute atomic E-state index is 0.284. The largest absolute Gasteiger partial charge is 0.491 e. The minimum atomic E-state index is -0.453. The number of nitrogens with zero attached hydrogens (tertiary/aromatic N) is 5. The quantitative estimate of drug-likeness (QED) is 0.401. The molecule has 0 amide bonds. The van der Waals surface area contributed by atoms with Crippen LogP contribution in [0.4, 0.5) is 14.6 Å². The molecule has 0 radical (unpaired) electrons. The predicted octanol–water partition coefficient (Wildman–Crippen LogP) is 5.02. The van der Waals surface area contributed by atoms with Crippen LogP contribution < -0.4 is 15.0 Å². The van der Waals surface area contributed by atoms with Gasteiger partial charge in [-0.25, -0.2) is 18.3 Å². The van der Waals surface area contributed by atoms with Crippen molar-refractivity contribution in [2.45, 2.75) is 37.8 Å². The Labute approximate surface area is 213 Å². The fraction of sp³-hybridized carbons (Fsp3) is 0.321. The van der Waals surface area contributed by atoms with E-state index in [0.29, 0.717) is 47.9 Å². The van der Waals surface area contributed by atoms with Gasteiger partial charge in [-0.2, -0.15) is 5.26 Å². The Kier molecular flexibility index (Phi) is 6.18. The summed E-state index contributed by atoms with van der Waals surface area (Å²) in [6.45, 7) is 2.17. The van der Waals surface area contributed by atoms with Crippen LogP contribution in [0.5, 0.6) is 5.75 Å². The summed E-state index contributed by atoms with van der Waals surface area (Å²) < 4.78 is 36.3. The average molecular weight is 501 g/mol. The summed E-state index contributed by atoms with van der Waals surface area (Å²) in [5.41, 5.74) is 3.04. The molecule has 37 heavy (non-hydrogen) atoms. The van der Waals surface area contributed by atoms with Crippen LogP contribution in [0.1, 0.15) is 42.9 Å². The number of hydrogen-bond acceptors (Lipinski definition) is 6. The first-order valence-electron chi connectivity index (χ1n) is 12.6. The van der Waals surface area contributed by atoms with E-state index < -0.39 is 11.6 Å². The predicted molar refractivity (Wildman–Crippen MR) is 135 cm³/mol. The molecular weight excluding hydrogens is 474 g/mol. The first-order chi connectivity index (χ1) is 18.1. The summed E-state index contributed by atoms with van der Waals surface area (Å²) in [5.74, 6) is 0.322. The summed E-state index contributed by atoms with van der Waals surface area (Å²) in [5, 5.41) is 17.8. The molecule has 9 heteroatoms. The van der Waals surface area contributed by atoms with Crippen molar-refractivity contribution >= 4 is 11.5 Å². The van der Waals surface area contributed by atoms with Crippen molar-refractivity contribution in [1.82, 2.24) is 19.9 Å². The third-order valence-corrected chi connectivity index (χ3v) is 7.21. The molecule has 7 nitrogen and oxygen atoms in total. The van der Waals surface area contributed by atoms with Crippen molar-refractivity contribution in [3.8, 4) is 23.1 Å². The molecule has 4 aromatic rings. The topological polar surface area (TPSA) is 78.5 Å². The number of nitrogens with one attached hydrogen (secondary N) is 1. The number of imidazole rings is 1. The Morgan fingerprint density at radius 1 is 1.08 bits per heavy atom. The van der Waals surface area contributed by atoms with E-state index in [2.05, 4.69) is 16.4 Å². The molecule has 2 aliphatic heterocycles. The zero-order valence-electron chi connectivity index (χ0n) is 20.2. The number of nitriles is 1. The third kappa shape index (κ3) is 4.49. The summed E-state index contributed by atoms with van der Waals surface area (Å²) in [6, 6.07) is 15.0. The fourth-order valence-corrected chi connectivity index (χ4v) is 5.33. The van der Waals surface area contributed by atoms with Crippen LogP contribution in [0.3, 0.4) is 0 Å². The molecule has 4 heterocycles. The monoisotopic (exact) mass is 500 g/mol. The van der Waals surface area contributed by atoms with E-state index in [4.69, 9.17) is 9.84 Å². The second kappa shape index (κ2) is 9.79. The lowest BCUT2D eigenvalue weighted by Crippen LogP contribution is -2.28. The molecule has 2 fully saturated rings. The second-order valence-corrected chi connectivity index (χ2v) is 9.55. The maximum atomic E-state index is 14.6. The number of aromatic nitrogens is 3. The van der Waals surface area contributed by atoms with Crippen molar-refractivity contribution in [2.24, 2.45) is 0 Å². The summed E-state index contributed by atoms with van der Waals surface area (Å²) in [4.78, 5) is 6.52. The van der Waals surface area contributed by atoms with Crippen LogP contribution in [0, 0.1) is 23.0 Å². The number of ether oxygens (including phenoxy) is 1. The van der Waals surface area contributed by atoms with Crippen molar-refractivity contribution in [1.29, 1.82) is 5.26 Å². The Morgan fingerprint density at radius 3 is 2.84 bits per heavy atom. The molecule has 0 bridgehead atoms. The highest BCUT2D eigenvalue weighted by Gasteiger charge is 2.30. The minimum Gasteiger partial charge on any atom is -0.491 e. The Morgan fingerprint density at radius 2 is 2.00 bits per heavy atom. The highest BCUT2D eigenvalue weighted by molar-refractivity contribution is 5.67. The van der Waals surface area contributed by atoms with Crippen molar-refractivity contribution in [2.75, 3.05) is 24.6 Å². The summed E-state index contributed by atoms with van der Waals surface area (Å²) >= 11 is 0. The number of halogens is 2. The Hall–Kier alpha value is -4.03. The van der Waals surface area contributed by atoms with E-state index in [0.717, 1.165) is 43.1 Å². The summed E-state index contributed by atoms with van der Waals surface area (Å²) in [6.07, 6.45) is 5.48. The summed E-state index contributed by atoms with van der Waals surface area (Å²) in [7, 11) is 0. The number of fused-ring (bicyclic) bond motifs is 1. The van der Waals surface area contributed by atoms with Crippen molar-refractivity contribution in [3.05, 3.63) is 77.5 Å². The first kappa shape index (κ1) is 23.4. The van der Waals surface area contributed by atoms with Gasteiger partial charge in [0.2, 0.25) is 0 Å². The average Bonchev–Trinajstić information content (AvgIpc) is 3.69. The van der Waals surface area contributed by atoms with E-state index in [1.54, 1.807) is 16.8 Å². The van der Waals surface area contributed by atoms with Gasteiger partial charge < -0.3 is 15.0 Å². The van der Waals surface area contributed by atoms with Gasteiger partial charge in [-0.3, -0.25) is 0 Å². The molecule has 0 spiro atoms. The lowest BCUT2D eigenvalue weighted by molar-refractivity contribution is 0.276. The van der Waals surface area contributed by atoms with Crippen LogP contribution in [0.15, 0.2) is 54.7 Å². The van der Waals surface area contributed by atoms with Gasteiger partial charge in [-0.05, 0) is 74.7 Å². The van der Waals surface area contributed by atoms with Crippen molar-refractivity contribution < 1.29 is 13.5 Å². The molecule has 0 aliphatic carbocycles. The molecule has 2 aromatic heterocycles. The molecule has 1 unspecified atom stereocenters. The maximum absolute atomic E-state index is 14.6. The van der Waals surface area contributed by atoms with Gasteiger partial charge in [0.05, 0.1) is 23.5 Å². The zero-order chi connectivity index (χ0) is 25.4. The van der Waals surface area contributed by atoms with Gasteiger partial charge in [0.15, 0.2) is 5.65 Å². The van der Waals surface area contributed by atoms with Crippen LogP contribution in [0.25, 0.3) is 16.9 Å². The van der Waals surface area contributed by atoms with E-state index >= 15 is 0 Å². The Bertz CT molecular complexity index is 1490. The number of anilines is 1. The normalized spacial score (nSPS) is 19.4. The van der Waals surface area contributed by atoms with E-state index in [1.165, 1.54) is 12.1 Å². The Balaban J connectivity index is 1.33. The standard InChI is InChI=1S/C28H26F2N6O/c29-20-7-8-23(30)22(14-20)24-4-2-12-35(24)28-10-9-27-33-16-25(36(27)34-28)18-5-6-19(15-31)26(13-18)37-17-21-3-1-11-32-21/h5-10,13-14,16,21,24,32H,1-4,11-12,17H2/t21-,24?/m1/s1. The molecule has 188 valence electrons. The molecule has 2 aromatic carbocycles. The first-order valence-corrected chi connectivity index (χ1v) is 12.6. The molecule has 2 atom stereocenters. The van der Waals surface area contributed by atoms with E-state index in [9.17, 15) is 14.0 Å². The lowest BCUT2D eigenvalue weighted by Gasteiger charge is -2.26. The highest BCUT2D eigenvalue weighted by atomic mass is 19.1. The fourth-order valence-electron chi connectivity index (χ4n) is 5.33. The number of rotatable bonds is 6. The van der Waals surface area contributed by atoms with Crippen LogP contribution in [-0.4, -0.2) is 40.3 Å². The second-order valence-electron chi connectivity index (χ2n) is 9.55. The molecular formula is C28H26F2N6O. The van der Waals surface area contributed by atoms with Crippen molar-refractivity contribution in [3.63, 3.8) is 0 Å². The third-order valence-electron chi connectivity index (χ3n) is 7.21. The SMILES string of the molecule is N#Cc1ccc(-c2cnc3ccc(N4CCCC4c4cc(F)ccc4F)nn23)cc1OC[C@H]1CCCN1. The van der Waals surface area contributed by atoms with Gasteiger partial charge in [-0.15, -0.1) is 5.10 Å². The van der Waals surface area contributed by atoms with Crippen LogP contribution in [-0.2, 0) is 0 Å². The molecule has 6 rings (SSSR count). The molecule has 0 saturated carbocycles. The van der Waals surface area contributed by atoms with Crippen LogP contribution >= 0.6 is 0 Å². The number of benzene rings is 2. The van der Waals surface area contributed by atoms with Gasteiger partial charge in [0, 0.05) is 23.7 Å². The van der Waals surface area contributed by atoms with Gasteiger partial charge >= 0.3 is 0 Å². The molecule has 2 aliphatic rings. The highest BCUT2D eigenvalue weighted by Crippen LogP contribution is 2.37. The molecule has 2 saturated heterocycles. The van der Waals surface area contributed by atoms with Crippen LogP contribution in [0.2, 0.25) is 0 Å². The van der Waals surface area contributed by atoms with E-state index in [1.807, 2.05) is 29.2 Å². The van der Waals surface area contributed by atoms with E-state index in [-0.39, 0.29) is 12.1 Å². The molecule has 1 N–H and O–H groups in total. The van der Waals surface area contributed by atoms with Gasteiger partial charge in [-0.1, -0.05) is 6.07 Å². The maximum Gasteiger partial charge on any atom is 0.154 e. The smallest absolute Gasteiger partial charge is 0.154 e. The van der Waals surface area contributed by atoms with Gasteiger partial charge in [0.1, 0.15) is 35.9 Å². The van der Waals surface area contributed by atoms with Gasteiger partial charge in [0.25, 0.3) is 0 Å². The number of hydrogen-bond donors (Lipinski definition) is 1. The zero-order valence-corrected chi connectivity index (χ0v) is 20.2. The lowest BCUT2D eigenvalue weighted by atomic mass is 10.0.